The molecule has 0 aromatic rings. The maximum atomic E-state index is 8.74. The molecule has 0 saturated carbocycles. The van der Waals surface area contributed by atoms with Crippen molar-refractivity contribution in [2.45, 2.75) is 0 Å². The number of carbonyl (C=O) groups is 1. The molecule has 8 N–H and O–H groups in total. The molecule has 0 amide bonds. The van der Waals surface area contributed by atoms with Gasteiger partial charge in [-0.1, -0.05) is 0 Å². The van der Waals surface area contributed by atoms with E-state index in [0.29, 0.717) is 0 Å². The molecular formula is CH15AlCaClNaO11SSi. The van der Waals surface area contributed by atoms with E-state index in [1.54, 1.807) is 0 Å². The van der Waals surface area contributed by atoms with Crippen LogP contribution in [0.5, 0.6) is 0 Å². The minimum atomic E-state index is -4.67. The summed E-state index contributed by atoms with van der Waals surface area (Å²) >= 11 is 0. The fraction of sp³-hybridized carbons (Fsp3) is 0. The molecule has 0 aliphatic heterocycles. The molecule has 17 heteroatoms. The fourth-order valence-corrected chi connectivity index (χ4v) is 0. The van der Waals surface area contributed by atoms with Crippen LogP contribution in [0.25, 0.3) is 0 Å². The van der Waals surface area contributed by atoms with Crippen molar-refractivity contribution in [2.24, 2.45) is 0 Å². The first-order chi connectivity index (χ1) is 5.73. The van der Waals surface area contributed by atoms with E-state index in [-0.39, 0.29) is 97.1 Å². The van der Waals surface area contributed by atoms with Gasteiger partial charge in [0.25, 0.3) is 0 Å². The van der Waals surface area contributed by atoms with Gasteiger partial charge >= 0.3 is 92.9 Å². The van der Waals surface area contributed by atoms with Crippen molar-refractivity contribution in [3.05, 3.63) is 0 Å². The van der Waals surface area contributed by atoms with Gasteiger partial charge in [-0.25, -0.2) is 4.79 Å². The van der Waals surface area contributed by atoms with Gasteiger partial charge in [-0.2, -0.15) is 8.42 Å². The molecule has 0 unspecified atom stereocenters. The predicted molar refractivity (Wildman–Crippen MR) is 72.3 cm³/mol. The number of halogens is 1. The summed E-state index contributed by atoms with van der Waals surface area (Å²) in [6.07, 6.45) is -1.83. The van der Waals surface area contributed by atoms with Crippen LogP contribution in [0, 0.1) is 0 Å². The van der Waals surface area contributed by atoms with Crippen LogP contribution in [0.2, 0.25) is 0 Å². The standard InChI is InChI=1S/CH2O3.Al.Ca.ClH.Na.H2O4S.H4O4Si.6H/c2-1(3)4;;;;;2*1-5(2,3)4;;;;;;/h(H2,2,3,4);;;1H;;(H2,1,2,3,4);1-4H;;;;;;. The first-order valence-electron chi connectivity index (χ1n) is 2.24. The van der Waals surface area contributed by atoms with E-state index in [9.17, 15) is 0 Å². The number of rotatable bonds is 0. The molecule has 0 aliphatic carbocycles. The van der Waals surface area contributed by atoms with Crippen molar-refractivity contribution in [2.75, 3.05) is 0 Å². The molecule has 0 heterocycles. The zero-order valence-electron chi connectivity index (χ0n) is 6.62. The zero-order valence-corrected chi connectivity index (χ0v) is 9.25. The average Bonchev–Trinajstić information content (AvgIpc) is 1.45. The minimum absolute atomic E-state index is 0. The average molecular weight is 389 g/mol. The van der Waals surface area contributed by atoms with Crippen LogP contribution in [0.1, 0.15) is 0 Å². The Kier molecular flexibility index (Phi) is 51.2. The van der Waals surface area contributed by atoms with Crippen LogP contribution in [-0.2, 0) is 10.4 Å². The summed E-state index contributed by atoms with van der Waals surface area (Å²) < 4.78 is 31.6. The van der Waals surface area contributed by atoms with E-state index < -0.39 is 25.6 Å². The quantitative estimate of drug-likeness (QED) is 0.145. The van der Waals surface area contributed by atoms with Gasteiger partial charge in [0, 0.05) is 0 Å². The van der Waals surface area contributed by atoms with Crippen LogP contribution in [0.15, 0.2) is 0 Å². The predicted octanol–water partition coefficient (Wildman–Crippen LogP) is -5.37. The first-order valence-corrected chi connectivity index (χ1v) is 5.43. The van der Waals surface area contributed by atoms with Gasteiger partial charge in [0.15, 0.2) is 17.4 Å². The SMILES string of the molecule is Cl.O=C(O)O.O=S(=O)(O)O.O[Si](O)(O)O.[AlH3].[CaH2].[NaH]. The normalized spacial score (nSPS) is 7.89. The van der Waals surface area contributed by atoms with E-state index in [1.807, 2.05) is 0 Å². The van der Waals surface area contributed by atoms with Gasteiger partial charge in [-0.15, -0.1) is 12.4 Å². The molecule has 0 aromatic heterocycles. The molecule has 0 bridgehead atoms. The monoisotopic (exact) mass is 388 g/mol. The summed E-state index contributed by atoms with van der Waals surface area (Å²) in [6, 6.07) is 0. The second-order valence-electron chi connectivity index (χ2n) is 1.33. The first kappa shape index (κ1) is 42.7. The molecule has 0 spiro atoms. The fourth-order valence-electron chi connectivity index (χ4n) is 0. The van der Waals surface area contributed by atoms with E-state index >= 15 is 0 Å². The molecule has 0 aromatic carbocycles. The maximum absolute atomic E-state index is 8.74. The van der Waals surface area contributed by atoms with Crippen molar-refractivity contribution < 1.29 is 51.7 Å². The van der Waals surface area contributed by atoms with E-state index in [1.165, 1.54) is 0 Å². The Balaban J connectivity index is -0.0000000183. The second-order valence-corrected chi connectivity index (χ2v) is 3.43. The number of hydrogen-bond acceptors (Lipinski definition) is 7. The summed E-state index contributed by atoms with van der Waals surface area (Å²) in [6.45, 7) is 0. The molecule has 18 heavy (non-hydrogen) atoms. The van der Waals surface area contributed by atoms with Crippen LogP contribution >= 0.6 is 12.4 Å². The van der Waals surface area contributed by atoms with Gasteiger partial charge < -0.3 is 29.4 Å². The van der Waals surface area contributed by atoms with Crippen LogP contribution in [0.3, 0.4) is 0 Å². The van der Waals surface area contributed by atoms with Gasteiger partial charge in [0.1, 0.15) is 0 Å². The van der Waals surface area contributed by atoms with Gasteiger partial charge in [-0.05, 0) is 0 Å². The Hall–Kier alpha value is 2.28. The van der Waals surface area contributed by atoms with E-state index in [4.69, 9.17) is 51.7 Å². The molecule has 108 valence electrons. The van der Waals surface area contributed by atoms with Crippen molar-refractivity contribution in [3.8, 4) is 0 Å². The van der Waals surface area contributed by atoms with Crippen molar-refractivity contribution in [1.82, 2.24) is 0 Å². The van der Waals surface area contributed by atoms with Crippen LogP contribution in [0.4, 0.5) is 4.79 Å². The molecular weight excluding hydrogens is 374 g/mol. The Morgan fingerprint density at radius 1 is 0.944 bits per heavy atom. The van der Waals surface area contributed by atoms with E-state index in [2.05, 4.69) is 0 Å². The summed E-state index contributed by atoms with van der Waals surface area (Å²) in [5.41, 5.74) is 0. The topological polar surface area (TPSA) is 213 Å². The van der Waals surface area contributed by atoms with Crippen LogP contribution in [-0.4, -0.2) is 147 Å². The van der Waals surface area contributed by atoms with E-state index in [0.717, 1.165) is 0 Å². The Morgan fingerprint density at radius 3 is 0.944 bits per heavy atom. The summed E-state index contributed by atoms with van der Waals surface area (Å²) in [5.74, 6) is 0. The van der Waals surface area contributed by atoms with Gasteiger partial charge in [0.2, 0.25) is 0 Å². The molecule has 0 aliphatic rings. The summed E-state index contributed by atoms with van der Waals surface area (Å²) in [7, 11) is -9.28. The van der Waals surface area contributed by atoms with Crippen molar-refractivity contribution in [1.29, 1.82) is 0 Å². The Bertz CT molecular complexity index is 236. The third-order valence-electron chi connectivity index (χ3n) is 0. The molecule has 0 fully saturated rings. The number of carboxylic acid groups (broad SMARTS) is 2. The molecule has 0 atom stereocenters. The van der Waals surface area contributed by atoms with Crippen molar-refractivity contribution >= 4 is 123 Å². The summed E-state index contributed by atoms with van der Waals surface area (Å²) in [5, 5.41) is 13.9. The molecule has 0 saturated heterocycles. The van der Waals surface area contributed by atoms with Crippen LogP contribution < -0.4 is 0 Å². The second kappa shape index (κ2) is 21.6. The van der Waals surface area contributed by atoms with Gasteiger partial charge in [0.05, 0.1) is 0 Å². The summed E-state index contributed by atoms with van der Waals surface area (Å²) in [4.78, 5) is 37.9. The molecule has 0 radical (unpaired) electrons. The third kappa shape index (κ3) is 1050. The Labute approximate surface area is 172 Å². The molecule has 0 rings (SSSR count). The molecule has 11 nitrogen and oxygen atoms in total. The third-order valence-corrected chi connectivity index (χ3v) is 0. The zero-order chi connectivity index (χ0) is 12.6. The van der Waals surface area contributed by atoms with Crippen molar-refractivity contribution in [3.63, 3.8) is 0 Å². The van der Waals surface area contributed by atoms with Gasteiger partial charge in [-0.3, -0.25) is 9.11 Å². The Morgan fingerprint density at radius 2 is 0.944 bits per heavy atom. The number of hydrogen-bond donors (Lipinski definition) is 8.